The molecular weight excluding hydrogens is 536 g/mol. The molecule has 4 rings (SSSR count). The second-order valence-corrected chi connectivity index (χ2v) is 9.85. The van der Waals surface area contributed by atoms with Gasteiger partial charge in [0, 0.05) is 12.2 Å². The average Bonchev–Trinajstić information content (AvgIpc) is 3.45. The van der Waals surface area contributed by atoms with Gasteiger partial charge in [0.05, 0.1) is 20.8 Å². The molecule has 0 aromatic heterocycles. The van der Waals surface area contributed by atoms with E-state index in [0.717, 1.165) is 10.5 Å². The van der Waals surface area contributed by atoms with Crippen LogP contribution in [0.5, 0.6) is 17.2 Å². The Morgan fingerprint density at radius 1 is 1.02 bits per heavy atom. The molecule has 1 atom stereocenters. The number of hydrogen-bond donors (Lipinski definition) is 2. The van der Waals surface area contributed by atoms with Crippen LogP contribution < -0.4 is 24.8 Å². The van der Waals surface area contributed by atoms with Gasteiger partial charge < -0.3 is 24.8 Å². The molecule has 12 heteroatoms. The van der Waals surface area contributed by atoms with Crippen LogP contribution in [0.4, 0.5) is 10.5 Å². The highest BCUT2D eigenvalue weighted by atomic mass is 32.2. The Balaban J connectivity index is 1.37. The Labute approximate surface area is 236 Å². The zero-order valence-electron chi connectivity index (χ0n) is 22.5. The molecule has 2 aromatic carbocycles. The lowest BCUT2D eigenvalue weighted by Crippen LogP contribution is -2.58. The Bertz CT molecular complexity index is 1360. The first-order valence-electron chi connectivity index (χ1n) is 12.7. The minimum Gasteiger partial charge on any atom is -0.494 e. The molecule has 210 valence electrons. The van der Waals surface area contributed by atoms with Gasteiger partial charge in [0.25, 0.3) is 11.8 Å². The number of anilines is 1. The maximum Gasteiger partial charge on any atom is 0.501 e. The summed E-state index contributed by atoms with van der Waals surface area (Å²) in [7, 11) is 3.10. The van der Waals surface area contributed by atoms with Crippen molar-refractivity contribution in [2.75, 3.05) is 45.8 Å². The first-order chi connectivity index (χ1) is 19.3. The van der Waals surface area contributed by atoms with Crippen molar-refractivity contribution in [2.24, 2.45) is 0 Å². The lowest BCUT2D eigenvalue weighted by atomic mass is 10.1. The SMILES string of the molecule is CCOc1ccc(NC(=O)C[N+]2=C3C=CSC3C(=O)N(CC(=O)NCCc3ccc(OC)c(OC)c3)C2=O)cc1. The van der Waals surface area contributed by atoms with Gasteiger partial charge in [0.15, 0.2) is 29.8 Å². The third-order valence-corrected chi connectivity index (χ3v) is 7.23. The lowest BCUT2D eigenvalue weighted by Gasteiger charge is -2.23. The molecule has 2 N–H and O–H groups in total. The number of nitrogens with one attached hydrogen (secondary N) is 2. The molecule has 2 heterocycles. The van der Waals surface area contributed by atoms with Crippen LogP contribution in [0.1, 0.15) is 12.5 Å². The quantitative estimate of drug-likeness (QED) is 0.375. The van der Waals surface area contributed by atoms with Gasteiger partial charge in [-0.1, -0.05) is 6.07 Å². The molecular formula is C28H31N4O7S+. The molecule has 0 radical (unpaired) electrons. The van der Waals surface area contributed by atoms with Crippen LogP contribution in [0.2, 0.25) is 0 Å². The smallest absolute Gasteiger partial charge is 0.494 e. The summed E-state index contributed by atoms with van der Waals surface area (Å²) in [5.41, 5.74) is 1.88. The first kappa shape index (κ1) is 28.7. The van der Waals surface area contributed by atoms with Crippen molar-refractivity contribution >= 4 is 46.9 Å². The van der Waals surface area contributed by atoms with E-state index in [1.807, 2.05) is 19.1 Å². The van der Waals surface area contributed by atoms with Crippen molar-refractivity contribution in [2.45, 2.75) is 18.6 Å². The molecule has 2 aliphatic heterocycles. The summed E-state index contributed by atoms with van der Waals surface area (Å²) in [6.45, 7) is 1.93. The summed E-state index contributed by atoms with van der Waals surface area (Å²) < 4.78 is 17.2. The fraction of sp³-hybridized carbons (Fsp3) is 0.321. The predicted molar refractivity (Wildman–Crippen MR) is 150 cm³/mol. The van der Waals surface area contributed by atoms with E-state index in [4.69, 9.17) is 14.2 Å². The molecule has 0 saturated carbocycles. The van der Waals surface area contributed by atoms with Crippen molar-refractivity contribution in [3.63, 3.8) is 0 Å². The summed E-state index contributed by atoms with van der Waals surface area (Å²) in [6, 6.07) is 11.6. The van der Waals surface area contributed by atoms with Crippen molar-refractivity contribution < 1.29 is 38.0 Å². The number of imide groups is 1. The zero-order valence-corrected chi connectivity index (χ0v) is 23.3. The van der Waals surface area contributed by atoms with Gasteiger partial charge in [-0.3, -0.25) is 9.59 Å². The van der Waals surface area contributed by atoms with Gasteiger partial charge in [-0.25, -0.2) is 4.79 Å². The number of carbonyl (C=O) groups is 4. The van der Waals surface area contributed by atoms with Crippen LogP contribution in [0.25, 0.3) is 0 Å². The monoisotopic (exact) mass is 567 g/mol. The number of allylic oxidation sites excluding steroid dienone is 1. The summed E-state index contributed by atoms with van der Waals surface area (Å²) in [5, 5.41) is 6.51. The average molecular weight is 568 g/mol. The van der Waals surface area contributed by atoms with Gasteiger partial charge in [-0.15, -0.1) is 16.7 Å². The highest BCUT2D eigenvalue weighted by Crippen LogP contribution is 2.29. The number of fused-ring (bicyclic) bond motifs is 1. The van der Waals surface area contributed by atoms with Gasteiger partial charge in [-0.05, 0) is 66.8 Å². The van der Waals surface area contributed by atoms with Crippen LogP contribution >= 0.6 is 11.8 Å². The molecule has 2 aromatic rings. The van der Waals surface area contributed by atoms with E-state index in [1.54, 1.807) is 56.0 Å². The number of nitrogens with zero attached hydrogens (tertiary/aromatic N) is 2. The first-order valence-corrected chi connectivity index (χ1v) is 13.6. The van der Waals surface area contributed by atoms with Crippen LogP contribution in [0.3, 0.4) is 0 Å². The fourth-order valence-electron chi connectivity index (χ4n) is 4.28. The minimum absolute atomic E-state index is 0.288. The topological polar surface area (TPSA) is 126 Å². The van der Waals surface area contributed by atoms with Gasteiger partial charge in [-0.2, -0.15) is 9.37 Å². The molecule has 0 aliphatic carbocycles. The van der Waals surface area contributed by atoms with Crippen LogP contribution in [-0.4, -0.2) is 84.7 Å². The lowest BCUT2D eigenvalue weighted by molar-refractivity contribution is -0.425. The molecule has 40 heavy (non-hydrogen) atoms. The largest absolute Gasteiger partial charge is 0.501 e. The van der Waals surface area contributed by atoms with Crippen molar-refractivity contribution in [1.82, 2.24) is 10.2 Å². The van der Waals surface area contributed by atoms with E-state index in [9.17, 15) is 19.2 Å². The van der Waals surface area contributed by atoms with Crippen LogP contribution in [0.15, 0.2) is 53.9 Å². The number of carbonyl (C=O) groups excluding carboxylic acids is 4. The maximum atomic E-state index is 13.3. The van der Waals surface area contributed by atoms with Gasteiger partial charge in [0.1, 0.15) is 11.5 Å². The highest BCUT2D eigenvalue weighted by Gasteiger charge is 2.50. The van der Waals surface area contributed by atoms with Crippen LogP contribution in [-0.2, 0) is 20.8 Å². The highest BCUT2D eigenvalue weighted by molar-refractivity contribution is 8.04. The molecule has 0 spiro atoms. The number of urea groups is 1. The standard InChI is InChI=1S/C28H30N4O7S/c1-4-39-20-8-6-19(7-9-20)30-25(34)17-31-21-12-14-40-26(21)27(35)32(28(31)36)16-24(33)29-13-11-18-5-10-22(37-2)23(15-18)38-3/h5-10,12,14-15,26H,4,11,13,16-17H2,1-3H3,(H-,29,30,33,34)/p+1. The number of benzene rings is 2. The Morgan fingerprint density at radius 3 is 2.48 bits per heavy atom. The number of amides is 5. The Morgan fingerprint density at radius 2 is 1.77 bits per heavy atom. The van der Waals surface area contributed by atoms with E-state index >= 15 is 0 Å². The zero-order chi connectivity index (χ0) is 28.6. The third-order valence-electron chi connectivity index (χ3n) is 6.22. The molecule has 11 nitrogen and oxygen atoms in total. The molecule has 2 aliphatic rings. The second-order valence-electron chi connectivity index (χ2n) is 8.83. The van der Waals surface area contributed by atoms with E-state index < -0.39 is 35.5 Å². The summed E-state index contributed by atoms with van der Waals surface area (Å²) >= 11 is 1.23. The molecule has 5 amide bonds. The van der Waals surface area contributed by atoms with Crippen molar-refractivity contribution in [1.29, 1.82) is 0 Å². The third kappa shape index (κ3) is 6.63. The summed E-state index contributed by atoms with van der Waals surface area (Å²) in [4.78, 5) is 52.8. The predicted octanol–water partition coefficient (Wildman–Crippen LogP) is 2.44. The van der Waals surface area contributed by atoms with E-state index in [1.165, 1.54) is 16.3 Å². The van der Waals surface area contributed by atoms with E-state index in [-0.39, 0.29) is 13.1 Å². The van der Waals surface area contributed by atoms with Gasteiger partial charge >= 0.3 is 11.9 Å². The molecule has 1 unspecified atom stereocenters. The number of ether oxygens (including phenoxy) is 3. The minimum atomic E-state index is -0.722. The number of hydrogen-bond acceptors (Lipinski definition) is 8. The molecule has 0 saturated heterocycles. The Hall–Kier alpha value is -4.32. The maximum absolute atomic E-state index is 13.3. The molecule has 0 fully saturated rings. The van der Waals surface area contributed by atoms with Crippen LogP contribution in [0, 0.1) is 0 Å². The van der Waals surface area contributed by atoms with Crippen molar-refractivity contribution in [3.05, 3.63) is 59.5 Å². The van der Waals surface area contributed by atoms with Crippen molar-refractivity contribution in [3.8, 4) is 17.2 Å². The number of rotatable bonds is 12. The number of thioether (sulfide) groups is 1. The molecule has 0 bridgehead atoms. The van der Waals surface area contributed by atoms with Gasteiger partial charge in [0.2, 0.25) is 0 Å². The number of methoxy groups -OCH3 is 2. The fourth-order valence-corrected chi connectivity index (χ4v) is 5.25. The van der Waals surface area contributed by atoms with E-state index in [2.05, 4.69) is 10.6 Å². The summed E-state index contributed by atoms with van der Waals surface area (Å²) in [6.07, 6.45) is 2.15. The Kier molecular flexibility index (Phi) is 9.43. The summed E-state index contributed by atoms with van der Waals surface area (Å²) in [5.74, 6) is 0.438. The van der Waals surface area contributed by atoms with E-state index in [0.29, 0.717) is 41.7 Å². The normalized spacial score (nSPS) is 16.1. The second kappa shape index (κ2) is 13.2.